The minimum Gasteiger partial charge on any atom is -0.342 e. The first kappa shape index (κ1) is 16.7. The molecule has 0 bridgehead atoms. The van der Waals surface area contributed by atoms with E-state index in [1.807, 2.05) is 0 Å². The minimum absolute atomic E-state index is 0.365. The first-order valence-corrected chi connectivity index (χ1v) is 9.85. The zero-order valence-corrected chi connectivity index (χ0v) is 15.7. The molecule has 0 spiro atoms. The summed E-state index contributed by atoms with van der Waals surface area (Å²) >= 11 is 0. The van der Waals surface area contributed by atoms with Gasteiger partial charge in [-0.15, -0.1) is 0 Å². The van der Waals surface area contributed by atoms with Gasteiger partial charge in [-0.05, 0) is 46.0 Å². The smallest absolute Gasteiger partial charge is 0.219 e. The number of hydrogen-bond donors (Lipinski definition) is 0. The van der Waals surface area contributed by atoms with E-state index in [0.29, 0.717) is 5.92 Å². The fourth-order valence-corrected chi connectivity index (χ4v) is 4.51. The van der Waals surface area contributed by atoms with Crippen molar-refractivity contribution in [3.8, 4) is 0 Å². The van der Waals surface area contributed by atoms with E-state index in [0.717, 1.165) is 31.6 Å². The van der Waals surface area contributed by atoms with Crippen molar-refractivity contribution in [3.63, 3.8) is 0 Å². The maximum atomic E-state index is 6.49. The molecular weight excluding hydrogens is 332 g/mol. The predicted molar refractivity (Wildman–Crippen MR) is 109 cm³/mol. The third kappa shape index (κ3) is 2.72. The van der Waals surface area contributed by atoms with Crippen LogP contribution in [0.1, 0.15) is 25.3 Å². The highest BCUT2D eigenvalue weighted by molar-refractivity contribution is 5.84. The van der Waals surface area contributed by atoms with E-state index in [4.69, 9.17) is 9.47 Å². The van der Waals surface area contributed by atoms with Crippen molar-refractivity contribution in [3.05, 3.63) is 82.7 Å². The standard InChI is InChI=1S/C25H24O2/c1-18-11-12-20-8-4-5-10-23(20)24(18)25(26-15-6-16-27-25)22-14-13-19-7-2-3-9-21(19)17-22/h2-5,7-10,12-14,17-18H,6,11,15-16H2,1H3. The zero-order chi connectivity index (χ0) is 18.3. The van der Waals surface area contributed by atoms with Gasteiger partial charge in [-0.3, -0.25) is 0 Å². The van der Waals surface area contributed by atoms with Crippen LogP contribution in [0.25, 0.3) is 22.4 Å². The highest BCUT2D eigenvalue weighted by Crippen LogP contribution is 2.43. The van der Waals surface area contributed by atoms with Gasteiger partial charge in [-0.2, -0.15) is 0 Å². The summed E-state index contributed by atoms with van der Waals surface area (Å²) in [7, 11) is 0. The quantitative estimate of drug-likeness (QED) is 0.688. The van der Waals surface area contributed by atoms with Crippen LogP contribution >= 0.6 is 0 Å². The van der Waals surface area contributed by atoms with Gasteiger partial charge in [-0.1, -0.05) is 73.7 Å². The Morgan fingerprint density at radius 1 is 0.852 bits per heavy atom. The minimum atomic E-state index is -0.800. The summed E-state index contributed by atoms with van der Waals surface area (Å²) in [5.41, 5.74) is 2.36. The van der Waals surface area contributed by atoms with Crippen molar-refractivity contribution in [1.82, 2.24) is 0 Å². The molecule has 1 unspecified atom stereocenters. The van der Waals surface area contributed by atoms with Gasteiger partial charge in [0.2, 0.25) is 5.79 Å². The monoisotopic (exact) mass is 356 g/mol. The molecule has 0 amide bonds. The molecule has 0 aromatic heterocycles. The van der Waals surface area contributed by atoms with Gasteiger partial charge < -0.3 is 9.47 Å². The summed E-state index contributed by atoms with van der Waals surface area (Å²) in [4.78, 5) is 0. The molecule has 5 rings (SSSR count). The molecule has 1 heterocycles. The van der Waals surface area contributed by atoms with Crippen LogP contribution in [0.5, 0.6) is 0 Å². The van der Waals surface area contributed by atoms with Crippen LogP contribution in [0.3, 0.4) is 0 Å². The lowest BCUT2D eigenvalue weighted by atomic mass is 9.81. The molecule has 136 valence electrons. The maximum Gasteiger partial charge on any atom is 0.219 e. The summed E-state index contributed by atoms with van der Waals surface area (Å²) in [5, 5.41) is 4.99. The van der Waals surface area contributed by atoms with E-state index in [1.54, 1.807) is 0 Å². The molecule has 2 aliphatic rings. The van der Waals surface area contributed by atoms with E-state index in [2.05, 4.69) is 79.7 Å². The summed E-state index contributed by atoms with van der Waals surface area (Å²) < 4.78 is 13.0. The Morgan fingerprint density at radius 3 is 2.44 bits per heavy atom. The van der Waals surface area contributed by atoms with Gasteiger partial charge in [0.25, 0.3) is 0 Å². The van der Waals surface area contributed by atoms with Gasteiger partial charge in [0.05, 0.1) is 13.2 Å². The molecule has 2 heteroatoms. The summed E-state index contributed by atoms with van der Waals surface area (Å²) in [5.74, 6) is -0.434. The van der Waals surface area contributed by atoms with Crippen LogP contribution in [0, 0.1) is 5.92 Å². The highest BCUT2D eigenvalue weighted by atomic mass is 16.7. The van der Waals surface area contributed by atoms with Crippen LogP contribution in [-0.2, 0) is 15.3 Å². The molecule has 1 aliphatic carbocycles. The summed E-state index contributed by atoms with van der Waals surface area (Å²) in [6.45, 7) is 3.72. The molecule has 0 saturated carbocycles. The first-order valence-electron chi connectivity index (χ1n) is 9.85. The second-order valence-electron chi connectivity index (χ2n) is 7.57. The zero-order valence-electron chi connectivity index (χ0n) is 15.7. The highest BCUT2D eigenvalue weighted by Gasteiger charge is 2.43. The molecule has 27 heavy (non-hydrogen) atoms. The van der Waals surface area contributed by atoms with Gasteiger partial charge in [0.15, 0.2) is 0 Å². The number of rotatable bonds is 2. The Bertz CT molecular complexity index is 1110. The van der Waals surface area contributed by atoms with Crippen molar-refractivity contribution in [2.75, 3.05) is 13.2 Å². The molecule has 1 saturated heterocycles. The van der Waals surface area contributed by atoms with Crippen LogP contribution in [-0.4, -0.2) is 13.2 Å². The van der Waals surface area contributed by atoms with Crippen molar-refractivity contribution in [2.45, 2.75) is 25.6 Å². The fraction of sp³-hybridized carbons (Fsp3) is 0.280. The molecule has 1 fully saturated rings. The Kier molecular flexibility index (Phi) is 4.11. The molecule has 2 nitrogen and oxygen atoms in total. The van der Waals surface area contributed by atoms with Crippen molar-refractivity contribution in [1.29, 1.82) is 0 Å². The van der Waals surface area contributed by atoms with Gasteiger partial charge in [0, 0.05) is 11.1 Å². The van der Waals surface area contributed by atoms with Crippen LogP contribution in [0.2, 0.25) is 0 Å². The van der Waals surface area contributed by atoms with Crippen LogP contribution < -0.4 is 10.4 Å². The topological polar surface area (TPSA) is 18.5 Å². The fourth-order valence-electron chi connectivity index (χ4n) is 4.51. The Morgan fingerprint density at radius 2 is 1.59 bits per heavy atom. The van der Waals surface area contributed by atoms with Crippen LogP contribution in [0.4, 0.5) is 0 Å². The summed E-state index contributed by atoms with van der Waals surface area (Å²) in [6.07, 6.45) is 4.28. The third-order valence-corrected chi connectivity index (χ3v) is 5.82. The van der Waals surface area contributed by atoms with Gasteiger partial charge >= 0.3 is 0 Å². The molecule has 1 aliphatic heterocycles. The van der Waals surface area contributed by atoms with Crippen molar-refractivity contribution < 1.29 is 9.47 Å². The molecule has 3 aromatic carbocycles. The SMILES string of the molecule is CC1CC=c2ccccc2=C1C1(c2ccc3ccccc3c2)OCCCO1. The molecule has 0 radical (unpaired) electrons. The number of benzene rings is 3. The van der Waals surface area contributed by atoms with Crippen LogP contribution in [0.15, 0.2) is 66.7 Å². The second-order valence-corrected chi connectivity index (χ2v) is 7.57. The molecule has 0 N–H and O–H groups in total. The average Bonchev–Trinajstić information content (AvgIpc) is 2.74. The van der Waals surface area contributed by atoms with E-state index in [9.17, 15) is 0 Å². The second kappa shape index (κ2) is 6.63. The molecular formula is C25H24O2. The number of hydrogen-bond acceptors (Lipinski definition) is 2. The lowest BCUT2D eigenvalue weighted by Gasteiger charge is -2.42. The third-order valence-electron chi connectivity index (χ3n) is 5.82. The number of ether oxygens (including phenoxy) is 2. The van der Waals surface area contributed by atoms with E-state index in [-0.39, 0.29) is 0 Å². The van der Waals surface area contributed by atoms with Crippen molar-refractivity contribution in [2.24, 2.45) is 5.92 Å². The van der Waals surface area contributed by atoms with E-state index >= 15 is 0 Å². The van der Waals surface area contributed by atoms with E-state index < -0.39 is 5.79 Å². The predicted octanol–water partition coefficient (Wildman–Crippen LogP) is 4.10. The van der Waals surface area contributed by atoms with E-state index in [1.165, 1.54) is 26.8 Å². The lowest BCUT2D eigenvalue weighted by Crippen LogP contribution is -2.47. The molecule has 1 atom stereocenters. The molecule has 3 aromatic rings. The lowest BCUT2D eigenvalue weighted by molar-refractivity contribution is -0.240. The van der Waals surface area contributed by atoms with Gasteiger partial charge in [-0.25, -0.2) is 0 Å². The Labute approximate surface area is 159 Å². The van der Waals surface area contributed by atoms with Gasteiger partial charge in [0.1, 0.15) is 0 Å². The maximum absolute atomic E-state index is 6.49. The normalized spacial score (nSPS) is 21.5. The first-order chi connectivity index (χ1) is 13.3. The Balaban J connectivity index is 1.81. The summed E-state index contributed by atoms with van der Waals surface area (Å²) in [6, 6.07) is 23.7. The number of fused-ring (bicyclic) bond motifs is 2. The van der Waals surface area contributed by atoms with Crippen molar-refractivity contribution >= 4 is 22.4 Å². The Hall–Kier alpha value is -2.42. The largest absolute Gasteiger partial charge is 0.342 e. The average molecular weight is 356 g/mol.